The molecule has 200 valence electrons. The van der Waals surface area contributed by atoms with Gasteiger partial charge in [0.15, 0.2) is 5.43 Å². The average molecular weight is 524 g/mol. The summed E-state index contributed by atoms with van der Waals surface area (Å²) in [5.41, 5.74) is 3.12. The van der Waals surface area contributed by atoms with Gasteiger partial charge in [-0.1, -0.05) is 49.4 Å². The molecule has 3 aromatic carbocycles. The average Bonchev–Trinajstić information content (AvgIpc) is 3.22. The molecule has 39 heavy (non-hydrogen) atoms. The standard InChI is InChI=1S/C33H34FN3O2/c1-21(18-33(36-20-32(3,4)37-33)25-12-10-22(2)28(34)17-25)14-29-27(15-23-8-6-5-7-9-23)31(38)26-13-11-24(19-35)16-30(26)39-29/h5-13,16-17,21,36-37H,14-15,18,20H2,1-4H3. The van der Waals surface area contributed by atoms with Gasteiger partial charge in [-0.25, -0.2) is 4.39 Å². The Bertz CT molecular complexity index is 1620. The summed E-state index contributed by atoms with van der Waals surface area (Å²) in [5, 5.41) is 17.2. The highest BCUT2D eigenvalue weighted by Crippen LogP contribution is 2.35. The minimum absolute atomic E-state index is 0.0672. The van der Waals surface area contributed by atoms with Gasteiger partial charge in [-0.05, 0) is 74.1 Å². The molecule has 2 N–H and O–H groups in total. The maximum absolute atomic E-state index is 14.7. The molecular formula is C33H34FN3O2. The van der Waals surface area contributed by atoms with Gasteiger partial charge >= 0.3 is 0 Å². The molecule has 0 amide bonds. The van der Waals surface area contributed by atoms with Gasteiger partial charge in [-0.3, -0.25) is 15.4 Å². The van der Waals surface area contributed by atoms with Crippen molar-refractivity contribution in [3.05, 3.63) is 116 Å². The van der Waals surface area contributed by atoms with Crippen molar-refractivity contribution in [2.75, 3.05) is 6.54 Å². The van der Waals surface area contributed by atoms with Crippen LogP contribution in [0.4, 0.5) is 4.39 Å². The largest absolute Gasteiger partial charge is 0.460 e. The Balaban J connectivity index is 1.53. The topological polar surface area (TPSA) is 78.1 Å². The van der Waals surface area contributed by atoms with Crippen LogP contribution in [0.25, 0.3) is 11.0 Å². The minimum atomic E-state index is -0.623. The van der Waals surface area contributed by atoms with E-state index in [1.807, 2.05) is 42.5 Å². The molecule has 6 heteroatoms. The normalized spacial score (nSPS) is 19.2. The first-order valence-corrected chi connectivity index (χ1v) is 13.4. The molecule has 0 bridgehead atoms. The Morgan fingerprint density at radius 1 is 1.10 bits per heavy atom. The van der Waals surface area contributed by atoms with Crippen LogP contribution >= 0.6 is 0 Å². The summed E-state index contributed by atoms with van der Waals surface area (Å²) in [6.07, 6.45) is 1.63. The second-order valence-corrected chi connectivity index (χ2v) is 11.6. The highest BCUT2D eigenvalue weighted by Gasteiger charge is 2.44. The maximum Gasteiger partial charge on any atom is 0.196 e. The molecule has 0 radical (unpaired) electrons. The van der Waals surface area contributed by atoms with Crippen LogP contribution in [0.3, 0.4) is 0 Å². The van der Waals surface area contributed by atoms with Crippen molar-refractivity contribution in [3.63, 3.8) is 0 Å². The second kappa shape index (κ2) is 10.4. The fourth-order valence-corrected chi connectivity index (χ4v) is 5.71. The lowest BCUT2D eigenvalue weighted by Crippen LogP contribution is -2.50. The molecule has 5 nitrogen and oxygen atoms in total. The van der Waals surface area contributed by atoms with Gasteiger partial charge in [0.05, 0.1) is 22.7 Å². The van der Waals surface area contributed by atoms with Crippen LogP contribution < -0.4 is 16.1 Å². The molecule has 1 aliphatic rings. The highest BCUT2D eigenvalue weighted by atomic mass is 19.1. The van der Waals surface area contributed by atoms with Crippen molar-refractivity contribution in [2.45, 2.75) is 58.2 Å². The molecule has 4 aromatic rings. The van der Waals surface area contributed by atoms with Gasteiger partial charge in [0.25, 0.3) is 0 Å². The van der Waals surface area contributed by atoms with E-state index < -0.39 is 5.66 Å². The maximum atomic E-state index is 14.7. The molecule has 2 unspecified atom stereocenters. The number of fused-ring (bicyclic) bond motifs is 1. The van der Waals surface area contributed by atoms with Gasteiger partial charge < -0.3 is 4.42 Å². The van der Waals surface area contributed by atoms with E-state index in [-0.39, 0.29) is 22.7 Å². The van der Waals surface area contributed by atoms with Crippen LogP contribution in [0.2, 0.25) is 0 Å². The van der Waals surface area contributed by atoms with Crippen LogP contribution in [0.15, 0.2) is 75.9 Å². The lowest BCUT2D eigenvalue weighted by molar-refractivity contribution is 0.238. The predicted molar refractivity (Wildman–Crippen MR) is 152 cm³/mol. The molecule has 2 heterocycles. The third-order valence-electron chi connectivity index (χ3n) is 7.66. The SMILES string of the molecule is Cc1ccc(C2(CC(C)Cc3oc4cc(C#N)ccc4c(=O)c3Cc3ccccc3)NCC(C)(C)N2)cc1F. The summed E-state index contributed by atoms with van der Waals surface area (Å²) < 4.78 is 21.1. The summed E-state index contributed by atoms with van der Waals surface area (Å²) >= 11 is 0. The Morgan fingerprint density at radius 2 is 1.87 bits per heavy atom. The van der Waals surface area contributed by atoms with E-state index in [1.165, 1.54) is 0 Å². The molecule has 1 fully saturated rings. The Hall–Kier alpha value is -3.79. The molecule has 1 aliphatic heterocycles. The number of nitriles is 1. The van der Waals surface area contributed by atoms with E-state index in [0.29, 0.717) is 52.7 Å². The summed E-state index contributed by atoms with van der Waals surface area (Å²) in [6.45, 7) is 8.88. The quantitative estimate of drug-likeness (QED) is 0.306. The lowest BCUT2D eigenvalue weighted by atomic mass is 9.86. The van der Waals surface area contributed by atoms with E-state index in [4.69, 9.17) is 4.42 Å². The first kappa shape index (κ1) is 26.8. The van der Waals surface area contributed by atoms with Crippen molar-refractivity contribution in [1.29, 1.82) is 5.26 Å². The minimum Gasteiger partial charge on any atom is -0.460 e. The highest BCUT2D eigenvalue weighted by molar-refractivity contribution is 5.79. The third kappa shape index (κ3) is 5.52. The first-order chi connectivity index (χ1) is 18.6. The summed E-state index contributed by atoms with van der Waals surface area (Å²) in [5.74, 6) is 0.464. The van der Waals surface area contributed by atoms with E-state index in [0.717, 1.165) is 17.7 Å². The van der Waals surface area contributed by atoms with Crippen LogP contribution in [-0.2, 0) is 18.5 Å². The number of hydrogen-bond acceptors (Lipinski definition) is 5. The number of benzene rings is 3. The van der Waals surface area contributed by atoms with Crippen molar-refractivity contribution in [1.82, 2.24) is 10.6 Å². The summed E-state index contributed by atoms with van der Waals surface area (Å²) in [6, 6.07) is 22.4. The van der Waals surface area contributed by atoms with E-state index in [2.05, 4.69) is 37.5 Å². The van der Waals surface area contributed by atoms with Crippen molar-refractivity contribution in [2.24, 2.45) is 5.92 Å². The third-order valence-corrected chi connectivity index (χ3v) is 7.66. The molecule has 1 saturated heterocycles. The zero-order valence-corrected chi connectivity index (χ0v) is 22.9. The van der Waals surface area contributed by atoms with Crippen LogP contribution in [-0.4, -0.2) is 12.1 Å². The summed E-state index contributed by atoms with van der Waals surface area (Å²) in [4.78, 5) is 13.7. The van der Waals surface area contributed by atoms with Gasteiger partial charge in [-0.2, -0.15) is 5.26 Å². The zero-order valence-electron chi connectivity index (χ0n) is 22.9. The van der Waals surface area contributed by atoms with Gasteiger partial charge in [0, 0.05) is 30.5 Å². The fourth-order valence-electron chi connectivity index (χ4n) is 5.71. The number of hydrogen-bond donors (Lipinski definition) is 2. The van der Waals surface area contributed by atoms with E-state index >= 15 is 0 Å². The number of nitrogens with zero attached hydrogens (tertiary/aromatic N) is 1. The molecule has 2 atom stereocenters. The Labute approximate surface area is 228 Å². The van der Waals surface area contributed by atoms with E-state index in [1.54, 1.807) is 31.2 Å². The lowest BCUT2D eigenvalue weighted by Gasteiger charge is -2.35. The Kier molecular flexibility index (Phi) is 7.15. The van der Waals surface area contributed by atoms with Crippen molar-refractivity contribution >= 4 is 11.0 Å². The van der Waals surface area contributed by atoms with Gasteiger partial charge in [-0.15, -0.1) is 0 Å². The number of nitrogens with one attached hydrogen (secondary N) is 2. The van der Waals surface area contributed by atoms with Crippen LogP contribution in [0.1, 0.15) is 60.8 Å². The number of halogens is 1. The zero-order chi connectivity index (χ0) is 27.8. The number of aryl methyl sites for hydroxylation is 1. The molecule has 5 rings (SSSR count). The predicted octanol–water partition coefficient (Wildman–Crippen LogP) is 6.10. The van der Waals surface area contributed by atoms with E-state index in [9.17, 15) is 14.4 Å². The molecule has 1 aromatic heterocycles. The van der Waals surface area contributed by atoms with Gasteiger partial charge in [0.2, 0.25) is 0 Å². The van der Waals surface area contributed by atoms with Gasteiger partial charge in [0.1, 0.15) is 17.2 Å². The second-order valence-electron chi connectivity index (χ2n) is 11.6. The monoisotopic (exact) mass is 523 g/mol. The molecule has 0 spiro atoms. The fraction of sp³-hybridized carbons (Fsp3) is 0.333. The van der Waals surface area contributed by atoms with Crippen molar-refractivity contribution < 1.29 is 8.81 Å². The molecule has 0 aliphatic carbocycles. The number of rotatable bonds is 7. The van der Waals surface area contributed by atoms with Crippen LogP contribution in [0, 0.1) is 30.0 Å². The first-order valence-electron chi connectivity index (χ1n) is 13.4. The van der Waals surface area contributed by atoms with Crippen molar-refractivity contribution in [3.8, 4) is 6.07 Å². The Morgan fingerprint density at radius 3 is 2.54 bits per heavy atom. The molecular weight excluding hydrogens is 489 g/mol. The molecule has 0 saturated carbocycles. The summed E-state index contributed by atoms with van der Waals surface area (Å²) in [7, 11) is 0. The van der Waals surface area contributed by atoms with Crippen LogP contribution in [0.5, 0.6) is 0 Å². The smallest absolute Gasteiger partial charge is 0.196 e.